The Morgan fingerprint density at radius 1 is 0.966 bits per heavy atom. The van der Waals surface area contributed by atoms with E-state index in [1.165, 1.54) is 7.11 Å². The van der Waals surface area contributed by atoms with Gasteiger partial charge in [0, 0.05) is 11.3 Å². The summed E-state index contributed by atoms with van der Waals surface area (Å²) in [7, 11) is 1.51. The Kier molecular flexibility index (Phi) is 6.52. The third-order valence-electron chi connectivity index (χ3n) is 4.35. The molecule has 3 rings (SSSR count). The lowest BCUT2D eigenvalue weighted by Crippen LogP contribution is -2.26. The van der Waals surface area contributed by atoms with Crippen LogP contribution in [0.1, 0.15) is 27.6 Å². The Bertz CT molecular complexity index is 1020. The number of hydrogen-bond donors (Lipinski definition) is 1. The van der Waals surface area contributed by atoms with Gasteiger partial charge in [-0.15, -0.1) is 0 Å². The highest BCUT2D eigenvalue weighted by Crippen LogP contribution is 2.28. The molecule has 1 atom stereocenters. The van der Waals surface area contributed by atoms with Gasteiger partial charge < -0.3 is 14.8 Å². The zero-order chi connectivity index (χ0) is 20.8. The van der Waals surface area contributed by atoms with E-state index in [1.54, 1.807) is 54.6 Å². The maximum atomic E-state index is 13.0. The highest BCUT2D eigenvalue weighted by Gasteiger charge is 2.26. The Balaban J connectivity index is 1.86. The van der Waals surface area contributed by atoms with Crippen molar-refractivity contribution in [1.82, 2.24) is 0 Å². The SMILES string of the molecule is COc1ccc(NC(=O)[C@H](OC(=O)c2ccccc2C)c2ccccc2)cc1Cl. The van der Waals surface area contributed by atoms with E-state index in [0.29, 0.717) is 27.6 Å². The predicted molar refractivity (Wildman–Crippen MR) is 112 cm³/mol. The van der Waals surface area contributed by atoms with Crippen LogP contribution in [-0.2, 0) is 9.53 Å². The van der Waals surface area contributed by atoms with Gasteiger partial charge >= 0.3 is 5.97 Å². The molecule has 1 amide bonds. The summed E-state index contributed by atoms with van der Waals surface area (Å²) in [6.45, 7) is 1.81. The average molecular weight is 410 g/mol. The molecule has 0 bridgehead atoms. The van der Waals surface area contributed by atoms with Gasteiger partial charge in [0.1, 0.15) is 5.75 Å². The minimum absolute atomic E-state index is 0.360. The second kappa shape index (κ2) is 9.26. The maximum absolute atomic E-state index is 13.0. The van der Waals surface area contributed by atoms with Gasteiger partial charge in [0.2, 0.25) is 6.10 Å². The van der Waals surface area contributed by atoms with Crippen molar-refractivity contribution >= 4 is 29.2 Å². The second-order valence-corrected chi connectivity index (χ2v) is 6.76. The predicted octanol–water partition coefficient (Wildman–Crippen LogP) is 5.19. The van der Waals surface area contributed by atoms with Gasteiger partial charge in [0.25, 0.3) is 5.91 Å². The summed E-state index contributed by atoms with van der Waals surface area (Å²) < 4.78 is 10.7. The topological polar surface area (TPSA) is 64.6 Å². The first-order valence-electron chi connectivity index (χ1n) is 8.95. The van der Waals surface area contributed by atoms with Crippen LogP contribution in [0.3, 0.4) is 0 Å². The standard InChI is InChI=1S/C23H20ClNO4/c1-15-8-6-7-11-18(15)23(27)29-21(16-9-4-3-5-10-16)22(26)25-17-12-13-20(28-2)19(24)14-17/h3-14,21H,1-2H3,(H,25,26)/t21-/m1/s1. The fraction of sp³-hybridized carbons (Fsp3) is 0.130. The molecule has 3 aromatic rings. The number of amides is 1. The molecule has 0 aliphatic heterocycles. The fourth-order valence-corrected chi connectivity index (χ4v) is 3.08. The van der Waals surface area contributed by atoms with E-state index in [1.807, 2.05) is 25.1 Å². The van der Waals surface area contributed by atoms with Gasteiger partial charge in [-0.25, -0.2) is 4.79 Å². The number of esters is 1. The number of rotatable bonds is 6. The lowest BCUT2D eigenvalue weighted by Gasteiger charge is -2.19. The molecule has 0 saturated carbocycles. The van der Waals surface area contributed by atoms with Gasteiger partial charge in [-0.3, -0.25) is 4.79 Å². The van der Waals surface area contributed by atoms with Crippen LogP contribution < -0.4 is 10.1 Å². The normalized spacial score (nSPS) is 11.4. The van der Waals surface area contributed by atoms with Crippen LogP contribution in [0, 0.1) is 6.92 Å². The van der Waals surface area contributed by atoms with Crippen molar-refractivity contribution < 1.29 is 19.1 Å². The highest BCUT2D eigenvalue weighted by molar-refractivity contribution is 6.32. The van der Waals surface area contributed by atoms with Crippen LogP contribution >= 0.6 is 11.6 Å². The molecule has 0 radical (unpaired) electrons. The quantitative estimate of drug-likeness (QED) is 0.569. The molecule has 0 aromatic heterocycles. The molecule has 0 heterocycles. The van der Waals surface area contributed by atoms with E-state index in [4.69, 9.17) is 21.1 Å². The molecular weight excluding hydrogens is 390 g/mol. The van der Waals surface area contributed by atoms with E-state index in [-0.39, 0.29) is 0 Å². The van der Waals surface area contributed by atoms with Crippen molar-refractivity contribution in [1.29, 1.82) is 0 Å². The van der Waals surface area contributed by atoms with E-state index in [9.17, 15) is 9.59 Å². The molecule has 0 unspecified atom stereocenters. The first kappa shape index (κ1) is 20.4. The minimum atomic E-state index is -1.12. The Hall–Kier alpha value is -3.31. The summed E-state index contributed by atoms with van der Waals surface area (Å²) in [4.78, 5) is 25.7. The maximum Gasteiger partial charge on any atom is 0.339 e. The molecule has 5 nitrogen and oxygen atoms in total. The van der Waals surface area contributed by atoms with E-state index in [2.05, 4.69) is 5.32 Å². The Labute approximate surface area is 174 Å². The number of nitrogens with one attached hydrogen (secondary N) is 1. The zero-order valence-electron chi connectivity index (χ0n) is 16.0. The van der Waals surface area contributed by atoms with E-state index >= 15 is 0 Å². The number of aryl methyl sites for hydroxylation is 1. The van der Waals surface area contributed by atoms with Crippen molar-refractivity contribution in [3.8, 4) is 5.75 Å². The second-order valence-electron chi connectivity index (χ2n) is 6.35. The number of methoxy groups -OCH3 is 1. The first-order chi connectivity index (χ1) is 14.0. The molecule has 0 saturated heterocycles. The summed E-state index contributed by atoms with van der Waals surface area (Å²) in [5, 5.41) is 3.11. The number of benzene rings is 3. The van der Waals surface area contributed by atoms with Crippen LogP contribution in [0.25, 0.3) is 0 Å². The molecule has 29 heavy (non-hydrogen) atoms. The van der Waals surface area contributed by atoms with Crippen LogP contribution in [0.5, 0.6) is 5.75 Å². The highest BCUT2D eigenvalue weighted by atomic mass is 35.5. The third-order valence-corrected chi connectivity index (χ3v) is 4.65. The monoisotopic (exact) mass is 409 g/mol. The summed E-state index contributed by atoms with van der Waals surface area (Å²) >= 11 is 6.13. The smallest absolute Gasteiger partial charge is 0.339 e. The summed E-state index contributed by atoms with van der Waals surface area (Å²) in [6.07, 6.45) is -1.12. The largest absolute Gasteiger partial charge is 0.495 e. The summed E-state index contributed by atoms with van der Waals surface area (Å²) in [5.74, 6) is -0.561. The molecule has 0 fully saturated rings. The third kappa shape index (κ3) is 4.95. The molecule has 0 aliphatic carbocycles. The summed E-state index contributed by atoms with van der Waals surface area (Å²) in [6, 6.07) is 20.8. The van der Waals surface area contributed by atoms with Gasteiger partial charge in [-0.05, 0) is 36.8 Å². The zero-order valence-corrected chi connectivity index (χ0v) is 16.8. The van der Waals surface area contributed by atoms with Crippen molar-refractivity contribution in [3.05, 3.63) is 94.5 Å². The van der Waals surface area contributed by atoms with Crippen LogP contribution in [0.2, 0.25) is 5.02 Å². The van der Waals surface area contributed by atoms with Crippen molar-refractivity contribution in [3.63, 3.8) is 0 Å². The molecular formula is C23H20ClNO4. The minimum Gasteiger partial charge on any atom is -0.495 e. The molecule has 3 aromatic carbocycles. The number of ether oxygens (including phenoxy) is 2. The van der Waals surface area contributed by atoms with Gasteiger partial charge in [0.15, 0.2) is 0 Å². The summed E-state index contributed by atoms with van der Waals surface area (Å²) in [5.41, 5.74) is 2.21. The van der Waals surface area contributed by atoms with Crippen molar-refractivity contribution in [2.24, 2.45) is 0 Å². The fourth-order valence-electron chi connectivity index (χ4n) is 2.83. The number of hydrogen-bond acceptors (Lipinski definition) is 4. The lowest BCUT2D eigenvalue weighted by atomic mass is 10.1. The van der Waals surface area contributed by atoms with Crippen molar-refractivity contribution in [2.45, 2.75) is 13.0 Å². The van der Waals surface area contributed by atoms with Gasteiger partial charge in [-0.2, -0.15) is 0 Å². The van der Waals surface area contributed by atoms with Crippen LogP contribution in [-0.4, -0.2) is 19.0 Å². The molecule has 0 spiro atoms. The Morgan fingerprint density at radius 3 is 2.31 bits per heavy atom. The molecule has 148 valence electrons. The molecule has 1 N–H and O–H groups in total. The first-order valence-corrected chi connectivity index (χ1v) is 9.33. The number of anilines is 1. The number of carbonyl (C=O) groups is 2. The van der Waals surface area contributed by atoms with Crippen molar-refractivity contribution in [2.75, 3.05) is 12.4 Å². The van der Waals surface area contributed by atoms with Gasteiger partial charge in [-0.1, -0.05) is 60.1 Å². The van der Waals surface area contributed by atoms with E-state index < -0.39 is 18.0 Å². The average Bonchev–Trinajstić information content (AvgIpc) is 2.73. The molecule has 6 heteroatoms. The number of carbonyl (C=O) groups excluding carboxylic acids is 2. The van der Waals surface area contributed by atoms with Crippen LogP contribution in [0.15, 0.2) is 72.8 Å². The lowest BCUT2D eigenvalue weighted by molar-refractivity contribution is -0.125. The number of halogens is 1. The van der Waals surface area contributed by atoms with Gasteiger partial charge in [0.05, 0.1) is 17.7 Å². The Morgan fingerprint density at radius 2 is 1.66 bits per heavy atom. The van der Waals surface area contributed by atoms with Crippen LogP contribution in [0.4, 0.5) is 5.69 Å². The molecule has 0 aliphatic rings. The van der Waals surface area contributed by atoms with E-state index in [0.717, 1.165) is 5.56 Å².